The number of aryl methyl sites for hydroxylation is 1. The number of nitrogens with one attached hydrogen (secondary N) is 1. The Labute approximate surface area is 114 Å². The van der Waals surface area contributed by atoms with Crippen molar-refractivity contribution in [1.29, 1.82) is 0 Å². The zero-order chi connectivity index (χ0) is 13.8. The predicted octanol–water partition coefficient (Wildman–Crippen LogP) is 3.34. The number of nitrogens with zero attached hydrogens (tertiary/aromatic N) is 1. The molecule has 0 aliphatic carbocycles. The highest BCUT2D eigenvalue weighted by atomic mass is 32.2. The van der Waals surface area contributed by atoms with Crippen molar-refractivity contribution in [3.63, 3.8) is 0 Å². The quantitative estimate of drug-likeness (QED) is 0.508. The summed E-state index contributed by atoms with van der Waals surface area (Å²) in [5, 5.41) is 11.2. The fraction of sp³-hybridized carbons (Fsp3) is 0.0769. The van der Waals surface area contributed by atoms with Crippen molar-refractivity contribution >= 4 is 23.1 Å². The lowest BCUT2D eigenvalue weighted by atomic mass is 10.2. The van der Waals surface area contributed by atoms with Crippen LogP contribution in [-0.4, -0.2) is 4.92 Å². The van der Waals surface area contributed by atoms with Crippen LogP contribution in [0.2, 0.25) is 0 Å². The molecule has 0 atom stereocenters. The lowest BCUT2D eigenvalue weighted by Gasteiger charge is -2.07. The summed E-state index contributed by atoms with van der Waals surface area (Å²) in [5.74, 6) is 5.31. The molecule has 0 aliphatic heterocycles. The average Bonchev–Trinajstić information content (AvgIpc) is 2.38. The number of nitrogens with two attached hydrogens (primary N) is 1. The van der Waals surface area contributed by atoms with Crippen molar-refractivity contribution in [1.82, 2.24) is 0 Å². The molecule has 2 aromatic carbocycles. The predicted molar refractivity (Wildman–Crippen MR) is 76.2 cm³/mol. The molecule has 0 heterocycles. The van der Waals surface area contributed by atoms with E-state index in [1.807, 2.05) is 31.2 Å². The van der Waals surface area contributed by atoms with Crippen molar-refractivity contribution in [3.05, 3.63) is 58.1 Å². The van der Waals surface area contributed by atoms with Crippen molar-refractivity contribution in [2.75, 3.05) is 5.43 Å². The first-order valence-corrected chi connectivity index (χ1v) is 6.42. The van der Waals surface area contributed by atoms with Gasteiger partial charge >= 0.3 is 5.69 Å². The molecule has 0 aromatic heterocycles. The zero-order valence-electron chi connectivity index (χ0n) is 10.3. The molecule has 0 bridgehead atoms. The van der Waals surface area contributed by atoms with Crippen LogP contribution in [0.1, 0.15) is 5.56 Å². The fourth-order valence-corrected chi connectivity index (χ4v) is 2.79. The summed E-state index contributed by atoms with van der Waals surface area (Å²) in [6.45, 7) is 1.98. The first kappa shape index (κ1) is 13.4. The topological polar surface area (TPSA) is 81.2 Å². The summed E-state index contributed by atoms with van der Waals surface area (Å²) in [7, 11) is 0. The van der Waals surface area contributed by atoms with Gasteiger partial charge in [-0.05, 0) is 31.2 Å². The third kappa shape index (κ3) is 3.04. The van der Waals surface area contributed by atoms with E-state index >= 15 is 0 Å². The Kier molecular flexibility index (Phi) is 4.03. The maximum absolute atomic E-state index is 11.2. The largest absolute Gasteiger partial charge is 0.318 e. The Hall–Kier alpha value is -2.05. The minimum absolute atomic E-state index is 0.00324. The van der Waals surface area contributed by atoms with Gasteiger partial charge in [-0.3, -0.25) is 16.0 Å². The second kappa shape index (κ2) is 5.73. The van der Waals surface area contributed by atoms with Crippen LogP contribution in [0.15, 0.2) is 52.3 Å². The number of nitrogen functional groups attached to an aromatic ring is 1. The molecular formula is C13H13N3O2S. The van der Waals surface area contributed by atoms with Gasteiger partial charge in [-0.15, -0.1) is 0 Å². The molecule has 0 radical (unpaired) electrons. The summed E-state index contributed by atoms with van der Waals surface area (Å²) < 4.78 is 0. The van der Waals surface area contributed by atoms with E-state index < -0.39 is 4.92 Å². The van der Waals surface area contributed by atoms with Gasteiger partial charge in [-0.25, -0.2) is 0 Å². The highest BCUT2D eigenvalue weighted by Gasteiger charge is 2.19. The number of nitro groups is 1. The van der Waals surface area contributed by atoms with Crippen LogP contribution < -0.4 is 11.3 Å². The number of para-hydroxylation sites is 1. The lowest BCUT2D eigenvalue weighted by molar-refractivity contribution is -0.386. The smallest absolute Gasteiger partial charge is 0.307 e. The molecule has 98 valence electrons. The first-order chi connectivity index (χ1) is 9.11. The molecule has 0 unspecified atom stereocenters. The van der Waals surface area contributed by atoms with Crippen molar-refractivity contribution in [3.8, 4) is 0 Å². The maximum Gasteiger partial charge on any atom is 0.307 e. The van der Waals surface area contributed by atoms with E-state index in [2.05, 4.69) is 5.43 Å². The molecule has 6 heteroatoms. The number of hydrogen-bond acceptors (Lipinski definition) is 5. The maximum atomic E-state index is 11.2. The van der Waals surface area contributed by atoms with Crippen LogP contribution in [0.4, 0.5) is 11.4 Å². The van der Waals surface area contributed by atoms with Gasteiger partial charge in [0.15, 0.2) is 0 Å². The number of nitro benzene ring substituents is 1. The van der Waals surface area contributed by atoms with Crippen LogP contribution in [0.3, 0.4) is 0 Å². The summed E-state index contributed by atoms with van der Waals surface area (Å²) in [4.78, 5) is 12.2. The Morgan fingerprint density at radius 2 is 2.00 bits per heavy atom. The molecule has 0 amide bonds. The van der Waals surface area contributed by atoms with Gasteiger partial charge in [-0.2, -0.15) is 0 Å². The van der Waals surface area contributed by atoms with Crippen molar-refractivity contribution in [2.45, 2.75) is 16.7 Å². The van der Waals surface area contributed by atoms with Gasteiger partial charge < -0.3 is 5.43 Å². The molecule has 0 saturated carbocycles. The van der Waals surface area contributed by atoms with E-state index in [9.17, 15) is 10.1 Å². The summed E-state index contributed by atoms with van der Waals surface area (Å²) >= 11 is 1.35. The molecular weight excluding hydrogens is 262 g/mol. The molecule has 0 spiro atoms. The molecule has 0 aliphatic rings. The van der Waals surface area contributed by atoms with E-state index in [1.54, 1.807) is 18.2 Å². The van der Waals surface area contributed by atoms with E-state index in [4.69, 9.17) is 5.84 Å². The Balaban J connectivity index is 2.42. The second-order valence-corrected chi connectivity index (χ2v) is 5.09. The number of rotatable bonds is 4. The summed E-state index contributed by atoms with van der Waals surface area (Å²) in [6, 6.07) is 12.8. The molecule has 2 rings (SSSR count). The monoisotopic (exact) mass is 275 g/mol. The highest BCUT2D eigenvalue weighted by Crippen LogP contribution is 2.38. The standard InChI is InChI=1S/C13H13N3O2S/c1-9-4-2-5-10(8-9)19-12-7-3-6-11(15-14)13(12)16(17)18/h2-8,15H,14H2,1H3. The number of hydrogen-bond donors (Lipinski definition) is 2. The minimum atomic E-state index is -0.423. The van der Waals surface area contributed by atoms with E-state index in [0.717, 1.165) is 10.5 Å². The number of anilines is 1. The SMILES string of the molecule is Cc1cccc(Sc2cccc(NN)c2[N+](=O)[O-])c1. The Morgan fingerprint density at radius 1 is 1.26 bits per heavy atom. The van der Waals surface area contributed by atoms with Crippen LogP contribution in [0.25, 0.3) is 0 Å². The Morgan fingerprint density at radius 3 is 2.63 bits per heavy atom. The van der Waals surface area contributed by atoms with Gasteiger partial charge in [0.1, 0.15) is 5.69 Å². The van der Waals surface area contributed by atoms with Crippen LogP contribution >= 0.6 is 11.8 Å². The van der Waals surface area contributed by atoms with Crippen LogP contribution in [0, 0.1) is 17.0 Å². The van der Waals surface area contributed by atoms with Crippen molar-refractivity contribution < 1.29 is 4.92 Å². The Bertz CT molecular complexity index is 617. The van der Waals surface area contributed by atoms with Gasteiger partial charge in [0, 0.05) is 4.90 Å². The fourth-order valence-electron chi connectivity index (χ4n) is 1.72. The zero-order valence-corrected chi connectivity index (χ0v) is 11.1. The third-order valence-electron chi connectivity index (χ3n) is 2.55. The summed E-state index contributed by atoms with van der Waals surface area (Å²) in [6.07, 6.45) is 0. The van der Waals surface area contributed by atoms with Gasteiger partial charge in [0.05, 0.1) is 9.82 Å². The minimum Gasteiger partial charge on any atom is -0.318 e. The third-order valence-corrected chi connectivity index (χ3v) is 3.59. The van der Waals surface area contributed by atoms with Crippen LogP contribution in [0.5, 0.6) is 0 Å². The lowest BCUT2D eigenvalue weighted by Crippen LogP contribution is -2.09. The second-order valence-electron chi connectivity index (χ2n) is 3.97. The summed E-state index contributed by atoms with van der Waals surface area (Å²) in [5.41, 5.74) is 3.78. The van der Waals surface area contributed by atoms with Gasteiger partial charge in [-0.1, -0.05) is 35.5 Å². The van der Waals surface area contributed by atoms with Gasteiger partial charge in [0.25, 0.3) is 0 Å². The highest BCUT2D eigenvalue weighted by molar-refractivity contribution is 7.99. The van der Waals surface area contributed by atoms with E-state index in [1.165, 1.54) is 11.8 Å². The molecule has 19 heavy (non-hydrogen) atoms. The van der Waals surface area contributed by atoms with Crippen molar-refractivity contribution in [2.24, 2.45) is 5.84 Å². The van der Waals surface area contributed by atoms with E-state index in [0.29, 0.717) is 10.6 Å². The molecule has 0 fully saturated rings. The molecule has 2 aromatic rings. The number of benzene rings is 2. The normalized spacial score (nSPS) is 10.2. The molecule has 0 saturated heterocycles. The first-order valence-electron chi connectivity index (χ1n) is 5.60. The average molecular weight is 275 g/mol. The van der Waals surface area contributed by atoms with Gasteiger partial charge in [0.2, 0.25) is 0 Å². The van der Waals surface area contributed by atoms with Crippen LogP contribution in [-0.2, 0) is 0 Å². The molecule has 5 nitrogen and oxygen atoms in total. The van der Waals surface area contributed by atoms with E-state index in [-0.39, 0.29) is 5.69 Å². The number of hydrazine groups is 1. The molecule has 3 N–H and O–H groups in total.